The molecular formula is C23H28N4O4. The second-order valence-corrected chi connectivity index (χ2v) is 8.43. The van der Waals surface area contributed by atoms with Crippen molar-refractivity contribution in [3.8, 4) is 0 Å². The fourth-order valence-electron chi connectivity index (χ4n) is 4.44. The van der Waals surface area contributed by atoms with Crippen LogP contribution in [0.2, 0.25) is 0 Å². The third-order valence-corrected chi connectivity index (χ3v) is 6.31. The van der Waals surface area contributed by atoms with Crippen molar-refractivity contribution in [3.63, 3.8) is 0 Å². The van der Waals surface area contributed by atoms with E-state index in [0.717, 1.165) is 30.5 Å². The van der Waals surface area contributed by atoms with Gasteiger partial charge in [-0.05, 0) is 31.2 Å². The molecule has 1 aromatic heterocycles. The Morgan fingerprint density at radius 2 is 1.77 bits per heavy atom. The van der Waals surface area contributed by atoms with E-state index < -0.39 is 0 Å². The molecule has 0 saturated carbocycles. The number of hydrogen-bond acceptors (Lipinski definition) is 5. The van der Waals surface area contributed by atoms with Crippen LogP contribution in [-0.4, -0.2) is 58.9 Å². The molecule has 1 unspecified atom stereocenters. The number of amides is 3. The number of aromatic nitrogens is 1. The molecule has 3 amide bonds. The number of hydrogen-bond donors (Lipinski definition) is 1. The van der Waals surface area contributed by atoms with E-state index in [9.17, 15) is 14.4 Å². The van der Waals surface area contributed by atoms with Gasteiger partial charge in [0.25, 0.3) is 5.91 Å². The van der Waals surface area contributed by atoms with E-state index >= 15 is 0 Å². The van der Waals surface area contributed by atoms with Crippen LogP contribution >= 0.6 is 0 Å². The largest absolute Gasteiger partial charge is 0.369 e. The van der Waals surface area contributed by atoms with Crippen molar-refractivity contribution in [2.24, 2.45) is 11.7 Å². The number of nitrogens with two attached hydrogens (primary N) is 1. The molecule has 1 aromatic carbocycles. The molecule has 0 radical (unpaired) electrons. The van der Waals surface area contributed by atoms with Crippen molar-refractivity contribution in [1.29, 1.82) is 0 Å². The van der Waals surface area contributed by atoms with Gasteiger partial charge >= 0.3 is 0 Å². The van der Waals surface area contributed by atoms with E-state index in [1.54, 1.807) is 11.0 Å². The average Bonchev–Trinajstić information content (AvgIpc) is 3.30. The van der Waals surface area contributed by atoms with Gasteiger partial charge in [0.2, 0.25) is 17.6 Å². The SMILES string of the molecule is NC(=O)C1CCCN(C(=O)c2cc(C3CCN(C(=O)Cc4ccccc4)CC3)no2)C1. The Labute approximate surface area is 181 Å². The molecule has 0 bridgehead atoms. The van der Waals surface area contributed by atoms with Gasteiger partial charge in [0, 0.05) is 38.2 Å². The highest BCUT2D eigenvalue weighted by atomic mass is 16.5. The summed E-state index contributed by atoms with van der Waals surface area (Å²) in [6, 6.07) is 11.5. The van der Waals surface area contributed by atoms with Crippen LogP contribution in [0.1, 0.15) is 53.4 Å². The van der Waals surface area contributed by atoms with Crippen LogP contribution in [0.15, 0.2) is 40.9 Å². The first-order chi connectivity index (χ1) is 15.0. The summed E-state index contributed by atoms with van der Waals surface area (Å²) in [4.78, 5) is 40.3. The zero-order valence-electron chi connectivity index (χ0n) is 17.5. The molecule has 0 aliphatic carbocycles. The van der Waals surface area contributed by atoms with E-state index in [-0.39, 0.29) is 35.3 Å². The number of rotatable bonds is 5. The maximum absolute atomic E-state index is 12.8. The smallest absolute Gasteiger partial charge is 0.292 e. The van der Waals surface area contributed by atoms with E-state index in [4.69, 9.17) is 10.3 Å². The van der Waals surface area contributed by atoms with Crippen molar-refractivity contribution in [1.82, 2.24) is 15.0 Å². The quantitative estimate of drug-likeness (QED) is 0.789. The van der Waals surface area contributed by atoms with Crippen molar-refractivity contribution in [3.05, 3.63) is 53.4 Å². The monoisotopic (exact) mass is 424 g/mol. The first kappa shape index (κ1) is 21.1. The number of benzene rings is 1. The Bertz CT molecular complexity index is 934. The summed E-state index contributed by atoms with van der Waals surface area (Å²) in [5, 5.41) is 4.13. The van der Waals surface area contributed by atoms with Crippen LogP contribution in [0.3, 0.4) is 0 Å². The highest BCUT2D eigenvalue weighted by Gasteiger charge is 2.31. The highest BCUT2D eigenvalue weighted by molar-refractivity contribution is 5.92. The molecule has 8 heteroatoms. The van der Waals surface area contributed by atoms with E-state index in [0.29, 0.717) is 39.0 Å². The molecule has 2 aromatic rings. The van der Waals surface area contributed by atoms with Crippen molar-refractivity contribution < 1.29 is 18.9 Å². The minimum Gasteiger partial charge on any atom is -0.369 e. The van der Waals surface area contributed by atoms with Crippen LogP contribution in [0.25, 0.3) is 0 Å². The summed E-state index contributed by atoms with van der Waals surface area (Å²) in [6.07, 6.45) is 3.44. The molecular weight excluding hydrogens is 396 g/mol. The molecule has 8 nitrogen and oxygen atoms in total. The van der Waals surface area contributed by atoms with Gasteiger partial charge in [-0.25, -0.2) is 0 Å². The summed E-state index contributed by atoms with van der Waals surface area (Å²) in [5.41, 5.74) is 7.18. The van der Waals surface area contributed by atoms with Gasteiger partial charge in [-0.2, -0.15) is 0 Å². The number of nitrogens with zero attached hydrogens (tertiary/aromatic N) is 3. The number of likely N-dealkylation sites (tertiary alicyclic amines) is 2. The lowest BCUT2D eigenvalue weighted by atomic mass is 9.93. The molecule has 31 heavy (non-hydrogen) atoms. The standard InChI is InChI=1S/C23H28N4O4/c24-22(29)18-7-4-10-27(15-18)23(30)20-14-19(25-31-20)17-8-11-26(12-9-17)21(28)13-16-5-2-1-3-6-16/h1-3,5-6,14,17-18H,4,7-13,15H2,(H2,24,29). The topological polar surface area (TPSA) is 110 Å². The van der Waals surface area contributed by atoms with Gasteiger partial charge in [-0.1, -0.05) is 35.5 Å². The van der Waals surface area contributed by atoms with E-state index in [1.165, 1.54) is 0 Å². The Morgan fingerprint density at radius 3 is 2.48 bits per heavy atom. The number of carbonyl (C=O) groups is 3. The highest BCUT2D eigenvalue weighted by Crippen LogP contribution is 2.29. The summed E-state index contributed by atoms with van der Waals surface area (Å²) < 4.78 is 5.34. The lowest BCUT2D eigenvalue weighted by molar-refractivity contribution is -0.131. The number of piperidine rings is 2. The maximum Gasteiger partial charge on any atom is 0.292 e. The first-order valence-corrected chi connectivity index (χ1v) is 10.9. The van der Waals surface area contributed by atoms with E-state index in [1.807, 2.05) is 35.2 Å². The third-order valence-electron chi connectivity index (χ3n) is 6.31. The lowest BCUT2D eigenvalue weighted by Crippen LogP contribution is -2.44. The maximum atomic E-state index is 12.8. The zero-order valence-corrected chi connectivity index (χ0v) is 17.5. The van der Waals surface area contributed by atoms with E-state index in [2.05, 4.69) is 5.16 Å². The lowest BCUT2D eigenvalue weighted by Gasteiger charge is -2.31. The van der Waals surface area contributed by atoms with Crippen LogP contribution in [-0.2, 0) is 16.0 Å². The minimum absolute atomic E-state index is 0.134. The van der Waals surface area contributed by atoms with Crippen LogP contribution < -0.4 is 5.73 Å². The molecule has 2 aliphatic rings. The Morgan fingerprint density at radius 1 is 1.03 bits per heavy atom. The summed E-state index contributed by atoms with van der Waals surface area (Å²) in [6.45, 7) is 2.24. The molecule has 164 valence electrons. The van der Waals surface area contributed by atoms with Gasteiger partial charge in [0.15, 0.2) is 0 Å². The zero-order chi connectivity index (χ0) is 21.8. The van der Waals surface area contributed by atoms with Gasteiger partial charge in [0.05, 0.1) is 18.0 Å². The Kier molecular flexibility index (Phi) is 6.34. The number of carbonyl (C=O) groups excluding carboxylic acids is 3. The Balaban J connectivity index is 1.31. The van der Waals surface area contributed by atoms with Gasteiger partial charge in [-0.15, -0.1) is 0 Å². The van der Waals surface area contributed by atoms with Gasteiger partial charge in [0.1, 0.15) is 0 Å². The van der Waals surface area contributed by atoms with Crippen molar-refractivity contribution in [2.45, 2.75) is 38.0 Å². The predicted molar refractivity (Wildman–Crippen MR) is 113 cm³/mol. The molecule has 0 spiro atoms. The summed E-state index contributed by atoms with van der Waals surface area (Å²) >= 11 is 0. The normalized spacial score (nSPS) is 19.9. The third kappa shape index (κ3) is 4.95. The molecule has 2 fully saturated rings. The van der Waals surface area contributed by atoms with Crippen LogP contribution in [0.4, 0.5) is 0 Å². The van der Waals surface area contributed by atoms with Gasteiger partial charge < -0.3 is 20.1 Å². The van der Waals surface area contributed by atoms with Crippen LogP contribution in [0, 0.1) is 5.92 Å². The average molecular weight is 425 g/mol. The minimum atomic E-state index is -0.371. The molecule has 4 rings (SSSR count). The molecule has 2 aliphatic heterocycles. The molecule has 1 atom stereocenters. The van der Waals surface area contributed by atoms with Crippen molar-refractivity contribution in [2.75, 3.05) is 26.2 Å². The molecule has 3 heterocycles. The number of primary amides is 1. The molecule has 2 saturated heterocycles. The summed E-state index contributed by atoms with van der Waals surface area (Å²) in [7, 11) is 0. The van der Waals surface area contributed by atoms with Crippen molar-refractivity contribution >= 4 is 17.7 Å². The van der Waals surface area contributed by atoms with Crippen LogP contribution in [0.5, 0.6) is 0 Å². The summed E-state index contributed by atoms with van der Waals surface area (Å²) in [5.74, 6) is -0.439. The first-order valence-electron chi connectivity index (χ1n) is 10.9. The molecule has 2 N–H and O–H groups in total. The fraction of sp³-hybridized carbons (Fsp3) is 0.478. The Hall–Kier alpha value is -3.16. The second-order valence-electron chi connectivity index (χ2n) is 8.43. The van der Waals surface area contributed by atoms with Gasteiger partial charge in [-0.3, -0.25) is 14.4 Å². The predicted octanol–water partition coefficient (Wildman–Crippen LogP) is 1.96. The fourth-order valence-corrected chi connectivity index (χ4v) is 4.44. The second kappa shape index (κ2) is 9.32.